The standard InChI is InChI=1S/C20H32N4O2/c1-4-20(5-2,15-21)19(26)22-17-8-6-16(7-9-17)14-18(25)24-12-10-23(3)11-13-24/h6-9H,4-5,10-15,21H2,1-3H3,(H,22,26). The zero-order valence-corrected chi connectivity index (χ0v) is 16.3. The lowest BCUT2D eigenvalue weighted by Gasteiger charge is -2.32. The minimum atomic E-state index is -0.518. The number of likely N-dealkylation sites (N-methyl/N-ethyl adjacent to an activating group) is 1. The van der Waals surface area contributed by atoms with Crippen molar-refractivity contribution in [2.24, 2.45) is 11.1 Å². The summed E-state index contributed by atoms with van der Waals surface area (Å²) in [5, 5.41) is 2.96. The number of carbonyl (C=O) groups is 2. The van der Waals surface area contributed by atoms with E-state index in [1.165, 1.54) is 0 Å². The fourth-order valence-corrected chi connectivity index (χ4v) is 3.26. The molecule has 1 fully saturated rings. The van der Waals surface area contributed by atoms with Gasteiger partial charge in [-0.2, -0.15) is 0 Å². The van der Waals surface area contributed by atoms with Crippen LogP contribution in [0.4, 0.5) is 5.69 Å². The van der Waals surface area contributed by atoms with Crippen LogP contribution < -0.4 is 11.1 Å². The molecule has 6 nitrogen and oxygen atoms in total. The van der Waals surface area contributed by atoms with Crippen molar-refractivity contribution in [3.8, 4) is 0 Å². The molecule has 0 saturated carbocycles. The van der Waals surface area contributed by atoms with Crippen LogP contribution in [0, 0.1) is 5.41 Å². The van der Waals surface area contributed by atoms with Gasteiger partial charge in [-0.25, -0.2) is 0 Å². The van der Waals surface area contributed by atoms with Gasteiger partial charge in [0.05, 0.1) is 11.8 Å². The molecule has 26 heavy (non-hydrogen) atoms. The van der Waals surface area contributed by atoms with Crippen molar-refractivity contribution in [3.63, 3.8) is 0 Å². The smallest absolute Gasteiger partial charge is 0.231 e. The lowest BCUT2D eigenvalue weighted by atomic mass is 9.81. The molecule has 144 valence electrons. The van der Waals surface area contributed by atoms with Gasteiger partial charge in [0.1, 0.15) is 0 Å². The van der Waals surface area contributed by atoms with E-state index in [4.69, 9.17) is 5.73 Å². The van der Waals surface area contributed by atoms with Crippen molar-refractivity contribution >= 4 is 17.5 Å². The second kappa shape index (κ2) is 9.14. The van der Waals surface area contributed by atoms with Gasteiger partial charge >= 0.3 is 0 Å². The Morgan fingerprint density at radius 3 is 2.15 bits per heavy atom. The summed E-state index contributed by atoms with van der Waals surface area (Å²) in [6.07, 6.45) is 1.82. The quantitative estimate of drug-likeness (QED) is 0.776. The van der Waals surface area contributed by atoms with Crippen LogP contribution in [-0.4, -0.2) is 61.4 Å². The molecule has 0 radical (unpaired) electrons. The highest BCUT2D eigenvalue weighted by atomic mass is 16.2. The zero-order valence-electron chi connectivity index (χ0n) is 16.3. The molecule has 0 unspecified atom stereocenters. The first kappa shape index (κ1) is 20.4. The number of amides is 2. The first-order chi connectivity index (χ1) is 12.4. The summed E-state index contributed by atoms with van der Waals surface area (Å²) in [5.74, 6) is 0.125. The highest BCUT2D eigenvalue weighted by Gasteiger charge is 2.33. The van der Waals surface area contributed by atoms with Crippen LogP contribution in [0.3, 0.4) is 0 Å². The molecule has 1 heterocycles. The minimum Gasteiger partial charge on any atom is -0.340 e. The van der Waals surface area contributed by atoms with E-state index in [-0.39, 0.29) is 11.8 Å². The zero-order chi connectivity index (χ0) is 19.2. The van der Waals surface area contributed by atoms with E-state index in [9.17, 15) is 9.59 Å². The van der Waals surface area contributed by atoms with Crippen LogP contribution in [0.15, 0.2) is 24.3 Å². The monoisotopic (exact) mass is 360 g/mol. The van der Waals surface area contributed by atoms with Crippen LogP contribution in [0.1, 0.15) is 32.3 Å². The van der Waals surface area contributed by atoms with Gasteiger partial charge in [-0.05, 0) is 37.6 Å². The second-order valence-corrected chi connectivity index (χ2v) is 7.20. The van der Waals surface area contributed by atoms with Gasteiger partial charge in [0, 0.05) is 38.4 Å². The van der Waals surface area contributed by atoms with Gasteiger partial charge < -0.3 is 20.9 Å². The van der Waals surface area contributed by atoms with Crippen molar-refractivity contribution in [2.75, 3.05) is 45.1 Å². The Kier molecular flexibility index (Phi) is 7.17. The van der Waals surface area contributed by atoms with Crippen LogP contribution in [-0.2, 0) is 16.0 Å². The lowest BCUT2D eigenvalue weighted by molar-refractivity contribution is -0.132. The number of nitrogens with one attached hydrogen (secondary N) is 1. The van der Waals surface area contributed by atoms with Gasteiger partial charge in [-0.15, -0.1) is 0 Å². The van der Waals surface area contributed by atoms with E-state index in [2.05, 4.69) is 17.3 Å². The van der Waals surface area contributed by atoms with E-state index in [1.54, 1.807) is 0 Å². The van der Waals surface area contributed by atoms with Crippen molar-refractivity contribution in [1.29, 1.82) is 0 Å². The van der Waals surface area contributed by atoms with Gasteiger partial charge in [0.15, 0.2) is 0 Å². The third-order valence-corrected chi connectivity index (χ3v) is 5.65. The highest BCUT2D eigenvalue weighted by Crippen LogP contribution is 2.27. The molecule has 1 aromatic rings. The number of nitrogens with two attached hydrogens (primary N) is 1. The molecule has 1 aliphatic heterocycles. The van der Waals surface area contributed by atoms with Gasteiger partial charge in [-0.1, -0.05) is 26.0 Å². The SMILES string of the molecule is CCC(CC)(CN)C(=O)Nc1ccc(CC(=O)N2CCN(C)CC2)cc1. The summed E-state index contributed by atoms with van der Waals surface area (Å²) in [7, 11) is 2.07. The van der Waals surface area contributed by atoms with E-state index < -0.39 is 5.41 Å². The third kappa shape index (κ3) is 4.83. The summed E-state index contributed by atoms with van der Waals surface area (Å²) < 4.78 is 0. The number of hydrogen-bond donors (Lipinski definition) is 2. The van der Waals surface area contributed by atoms with Crippen molar-refractivity contribution in [3.05, 3.63) is 29.8 Å². The number of piperazine rings is 1. The molecule has 0 atom stereocenters. The van der Waals surface area contributed by atoms with Gasteiger partial charge in [-0.3, -0.25) is 9.59 Å². The molecule has 1 saturated heterocycles. The largest absolute Gasteiger partial charge is 0.340 e. The van der Waals surface area contributed by atoms with E-state index in [0.717, 1.165) is 37.4 Å². The minimum absolute atomic E-state index is 0.0359. The third-order valence-electron chi connectivity index (χ3n) is 5.65. The van der Waals surface area contributed by atoms with Gasteiger partial charge in [0.2, 0.25) is 11.8 Å². The molecule has 0 bridgehead atoms. The fourth-order valence-electron chi connectivity index (χ4n) is 3.26. The Balaban J connectivity index is 1.93. The lowest BCUT2D eigenvalue weighted by Crippen LogP contribution is -2.47. The van der Waals surface area contributed by atoms with Crippen molar-refractivity contribution < 1.29 is 9.59 Å². The maximum atomic E-state index is 12.6. The number of anilines is 1. The average molecular weight is 361 g/mol. The normalized spacial score (nSPS) is 15.8. The molecule has 1 aliphatic rings. The van der Waals surface area contributed by atoms with Crippen LogP contribution in [0.25, 0.3) is 0 Å². The molecule has 0 spiro atoms. The first-order valence-corrected chi connectivity index (χ1v) is 9.51. The molecule has 0 aliphatic carbocycles. The van der Waals surface area contributed by atoms with Gasteiger partial charge in [0.25, 0.3) is 0 Å². The number of benzene rings is 1. The molecular formula is C20H32N4O2. The van der Waals surface area contributed by atoms with Crippen LogP contribution >= 0.6 is 0 Å². The second-order valence-electron chi connectivity index (χ2n) is 7.20. The Morgan fingerprint density at radius 1 is 1.08 bits per heavy atom. The van der Waals surface area contributed by atoms with E-state index in [0.29, 0.717) is 25.8 Å². The predicted octanol–water partition coefficient (Wildman–Crippen LogP) is 1.71. The highest BCUT2D eigenvalue weighted by molar-refractivity contribution is 5.95. The van der Waals surface area contributed by atoms with E-state index >= 15 is 0 Å². The number of rotatable bonds is 7. The number of carbonyl (C=O) groups excluding carboxylic acids is 2. The summed E-state index contributed by atoms with van der Waals surface area (Å²) >= 11 is 0. The Bertz CT molecular complexity index is 594. The van der Waals surface area contributed by atoms with Crippen molar-refractivity contribution in [1.82, 2.24) is 9.80 Å². The Labute approximate surface area is 156 Å². The van der Waals surface area contributed by atoms with Crippen molar-refractivity contribution in [2.45, 2.75) is 33.1 Å². The number of hydrogen-bond acceptors (Lipinski definition) is 4. The molecule has 0 aromatic heterocycles. The summed E-state index contributed by atoms with van der Waals surface area (Å²) in [5.41, 5.74) is 7.02. The molecule has 2 amide bonds. The average Bonchev–Trinajstić information content (AvgIpc) is 2.66. The molecule has 3 N–H and O–H groups in total. The Hall–Kier alpha value is -1.92. The molecule has 6 heteroatoms. The summed E-state index contributed by atoms with van der Waals surface area (Å²) in [6.45, 7) is 7.75. The Morgan fingerprint density at radius 2 is 1.65 bits per heavy atom. The summed E-state index contributed by atoms with van der Waals surface area (Å²) in [6, 6.07) is 7.53. The summed E-state index contributed by atoms with van der Waals surface area (Å²) in [4.78, 5) is 29.1. The topological polar surface area (TPSA) is 78.7 Å². The first-order valence-electron chi connectivity index (χ1n) is 9.51. The van der Waals surface area contributed by atoms with E-state index in [1.807, 2.05) is 43.0 Å². The fraction of sp³-hybridized carbons (Fsp3) is 0.600. The molecule has 2 rings (SSSR count). The van der Waals surface area contributed by atoms with Crippen LogP contribution in [0.5, 0.6) is 0 Å². The number of nitrogens with zero attached hydrogens (tertiary/aromatic N) is 2. The predicted molar refractivity (Wildman–Crippen MR) is 105 cm³/mol. The maximum Gasteiger partial charge on any atom is 0.231 e. The molecule has 1 aromatic carbocycles. The molecular weight excluding hydrogens is 328 g/mol. The maximum absolute atomic E-state index is 12.6. The van der Waals surface area contributed by atoms with Crippen LogP contribution in [0.2, 0.25) is 0 Å².